The largest absolute Gasteiger partial charge is 0.335 e. The van der Waals surface area contributed by atoms with Gasteiger partial charge in [0.2, 0.25) is 0 Å². The normalized spacial score (nSPS) is 16.2. The fraction of sp³-hybridized carbons (Fsp3) is 0.571. The maximum absolute atomic E-state index is 12.5. The molecule has 0 aromatic carbocycles. The van der Waals surface area contributed by atoms with Crippen molar-refractivity contribution in [2.24, 2.45) is 0 Å². The Balaban J connectivity index is 1.56. The van der Waals surface area contributed by atoms with Gasteiger partial charge in [-0.25, -0.2) is 4.98 Å². The van der Waals surface area contributed by atoms with Crippen molar-refractivity contribution in [3.63, 3.8) is 0 Å². The zero-order valence-electron chi connectivity index (χ0n) is 12.8. The first kappa shape index (κ1) is 15.5. The molecule has 0 N–H and O–H groups in total. The highest BCUT2D eigenvalue weighted by Gasteiger charge is 2.25. The predicted molar refractivity (Wildman–Crippen MR) is 87.3 cm³/mol. The van der Waals surface area contributed by atoms with Crippen LogP contribution in [0.25, 0.3) is 0 Å². The molecule has 0 radical (unpaired) electrons. The van der Waals surface area contributed by atoms with Gasteiger partial charge in [-0.2, -0.15) is 0 Å². The van der Waals surface area contributed by atoms with Crippen LogP contribution >= 0.6 is 22.9 Å². The SMILES string of the molecule is CCc1nnsc1C(=O)N1CCN(Cc2csc(C)n2)CC1. The van der Waals surface area contributed by atoms with Gasteiger partial charge in [-0.3, -0.25) is 9.69 Å². The lowest BCUT2D eigenvalue weighted by Crippen LogP contribution is -2.48. The van der Waals surface area contributed by atoms with Gasteiger partial charge < -0.3 is 4.90 Å². The van der Waals surface area contributed by atoms with Gasteiger partial charge in [0, 0.05) is 38.1 Å². The fourth-order valence-electron chi connectivity index (χ4n) is 2.57. The highest BCUT2D eigenvalue weighted by molar-refractivity contribution is 7.09. The minimum Gasteiger partial charge on any atom is -0.335 e. The fourth-order valence-corrected chi connectivity index (χ4v) is 3.89. The second kappa shape index (κ2) is 6.80. The molecule has 8 heteroatoms. The average molecular weight is 337 g/mol. The number of amides is 1. The van der Waals surface area contributed by atoms with Crippen LogP contribution in [0.15, 0.2) is 5.38 Å². The van der Waals surface area contributed by atoms with Gasteiger partial charge in [0.1, 0.15) is 4.88 Å². The molecular weight excluding hydrogens is 318 g/mol. The van der Waals surface area contributed by atoms with Gasteiger partial charge in [-0.05, 0) is 24.9 Å². The lowest BCUT2D eigenvalue weighted by Gasteiger charge is -2.34. The summed E-state index contributed by atoms with van der Waals surface area (Å²) in [5, 5.41) is 7.25. The third kappa shape index (κ3) is 3.34. The number of thiazole rings is 1. The van der Waals surface area contributed by atoms with Crippen molar-refractivity contribution in [3.8, 4) is 0 Å². The predicted octanol–water partition coefficient (Wildman–Crippen LogP) is 1.82. The van der Waals surface area contributed by atoms with Crippen molar-refractivity contribution < 1.29 is 4.79 Å². The quantitative estimate of drug-likeness (QED) is 0.852. The summed E-state index contributed by atoms with van der Waals surface area (Å²) in [5.41, 5.74) is 1.94. The Hall–Kier alpha value is -1.38. The number of nitrogens with zero attached hydrogens (tertiary/aromatic N) is 5. The molecule has 0 aliphatic carbocycles. The van der Waals surface area contributed by atoms with Crippen LogP contribution < -0.4 is 0 Å². The van der Waals surface area contributed by atoms with Crippen LogP contribution in [0.3, 0.4) is 0 Å². The van der Waals surface area contributed by atoms with Crippen LogP contribution in [-0.4, -0.2) is 56.5 Å². The Morgan fingerprint density at radius 3 is 2.73 bits per heavy atom. The molecule has 1 saturated heterocycles. The van der Waals surface area contributed by atoms with Crippen LogP contribution in [0.2, 0.25) is 0 Å². The van der Waals surface area contributed by atoms with E-state index in [0.717, 1.165) is 55.5 Å². The number of piperazine rings is 1. The first-order chi connectivity index (χ1) is 10.7. The van der Waals surface area contributed by atoms with Crippen LogP contribution in [0, 0.1) is 6.92 Å². The Labute approximate surface area is 137 Å². The van der Waals surface area contributed by atoms with E-state index >= 15 is 0 Å². The third-order valence-corrected chi connectivity index (χ3v) is 5.38. The van der Waals surface area contributed by atoms with E-state index in [1.807, 2.05) is 18.7 Å². The molecule has 6 nitrogen and oxygen atoms in total. The van der Waals surface area contributed by atoms with E-state index in [4.69, 9.17) is 0 Å². The molecule has 1 aliphatic rings. The van der Waals surface area contributed by atoms with Crippen molar-refractivity contribution >= 4 is 28.8 Å². The van der Waals surface area contributed by atoms with Crippen LogP contribution in [0.4, 0.5) is 0 Å². The van der Waals surface area contributed by atoms with E-state index in [1.165, 1.54) is 11.5 Å². The summed E-state index contributed by atoms with van der Waals surface area (Å²) in [6, 6.07) is 0. The van der Waals surface area contributed by atoms with Gasteiger partial charge in [-0.1, -0.05) is 11.4 Å². The Kier molecular flexibility index (Phi) is 4.80. The lowest BCUT2D eigenvalue weighted by atomic mass is 10.2. The Bertz CT molecular complexity index is 645. The number of carbonyl (C=O) groups excluding carboxylic acids is 1. The highest BCUT2D eigenvalue weighted by atomic mass is 32.1. The molecule has 2 aromatic rings. The van der Waals surface area contributed by atoms with Crippen LogP contribution in [-0.2, 0) is 13.0 Å². The summed E-state index contributed by atoms with van der Waals surface area (Å²) in [7, 11) is 0. The van der Waals surface area contributed by atoms with Crippen molar-refractivity contribution in [3.05, 3.63) is 26.7 Å². The molecule has 22 heavy (non-hydrogen) atoms. The smallest absolute Gasteiger partial charge is 0.267 e. The second-order valence-corrected chi connectivity index (χ2v) is 7.14. The number of carbonyl (C=O) groups is 1. The number of rotatable bonds is 4. The van der Waals surface area contributed by atoms with Crippen molar-refractivity contribution in [1.82, 2.24) is 24.4 Å². The first-order valence-corrected chi connectivity index (χ1v) is 9.06. The van der Waals surface area contributed by atoms with E-state index in [-0.39, 0.29) is 5.91 Å². The highest BCUT2D eigenvalue weighted by Crippen LogP contribution is 2.17. The molecule has 118 valence electrons. The first-order valence-electron chi connectivity index (χ1n) is 7.41. The van der Waals surface area contributed by atoms with Gasteiger partial charge in [0.25, 0.3) is 5.91 Å². The monoisotopic (exact) mass is 337 g/mol. The van der Waals surface area contributed by atoms with Crippen molar-refractivity contribution in [1.29, 1.82) is 0 Å². The Morgan fingerprint density at radius 2 is 2.09 bits per heavy atom. The van der Waals surface area contributed by atoms with E-state index in [2.05, 4.69) is 24.9 Å². The van der Waals surface area contributed by atoms with E-state index in [0.29, 0.717) is 4.88 Å². The van der Waals surface area contributed by atoms with Crippen molar-refractivity contribution in [2.45, 2.75) is 26.8 Å². The molecule has 1 fully saturated rings. The van der Waals surface area contributed by atoms with Gasteiger partial charge in [0.15, 0.2) is 0 Å². The van der Waals surface area contributed by atoms with Gasteiger partial charge in [0.05, 0.1) is 16.4 Å². The minimum atomic E-state index is 0.0796. The summed E-state index contributed by atoms with van der Waals surface area (Å²) in [6.07, 6.45) is 0.751. The minimum absolute atomic E-state index is 0.0796. The maximum Gasteiger partial charge on any atom is 0.267 e. The molecule has 1 aliphatic heterocycles. The summed E-state index contributed by atoms with van der Waals surface area (Å²) in [6.45, 7) is 8.17. The molecule has 2 aromatic heterocycles. The molecule has 0 atom stereocenters. The average Bonchev–Trinajstić information content (AvgIpc) is 3.16. The molecule has 0 bridgehead atoms. The van der Waals surface area contributed by atoms with Gasteiger partial charge in [-0.15, -0.1) is 16.4 Å². The number of hydrogen-bond acceptors (Lipinski definition) is 7. The van der Waals surface area contributed by atoms with E-state index in [1.54, 1.807) is 11.3 Å². The molecule has 0 spiro atoms. The molecule has 0 unspecified atom stereocenters. The zero-order chi connectivity index (χ0) is 15.5. The molecular formula is C14H19N5OS2. The summed E-state index contributed by atoms with van der Waals surface area (Å²) < 4.78 is 3.91. The third-order valence-electron chi connectivity index (χ3n) is 3.80. The molecule has 3 rings (SSSR count). The lowest BCUT2D eigenvalue weighted by molar-refractivity contribution is 0.0631. The van der Waals surface area contributed by atoms with Crippen LogP contribution in [0.1, 0.15) is 33.0 Å². The van der Waals surface area contributed by atoms with E-state index < -0.39 is 0 Å². The van der Waals surface area contributed by atoms with Gasteiger partial charge >= 0.3 is 0 Å². The van der Waals surface area contributed by atoms with E-state index in [9.17, 15) is 4.79 Å². The second-order valence-electron chi connectivity index (χ2n) is 5.33. The standard InChI is InChI=1S/C14H19N5OS2/c1-3-12-13(22-17-16-12)14(20)19-6-4-18(5-7-19)8-11-9-21-10(2)15-11/h9H,3-8H2,1-2H3. The topological polar surface area (TPSA) is 62.2 Å². The maximum atomic E-state index is 12.5. The zero-order valence-corrected chi connectivity index (χ0v) is 14.4. The van der Waals surface area contributed by atoms with Crippen molar-refractivity contribution in [2.75, 3.05) is 26.2 Å². The number of aryl methyl sites for hydroxylation is 2. The number of aromatic nitrogens is 3. The Morgan fingerprint density at radius 1 is 1.32 bits per heavy atom. The summed E-state index contributed by atoms with van der Waals surface area (Å²) in [5.74, 6) is 0.0796. The number of hydrogen-bond donors (Lipinski definition) is 0. The molecule has 3 heterocycles. The summed E-state index contributed by atoms with van der Waals surface area (Å²) >= 11 is 2.89. The van der Waals surface area contributed by atoms with Crippen LogP contribution in [0.5, 0.6) is 0 Å². The molecule has 0 saturated carbocycles. The summed E-state index contributed by atoms with van der Waals surface area (Å²) in [4.78, 5) is 22.0. The molecule has 1 amide bonds.